The molecule has 0 aliphatic rings. The Balaban J connectivity index is 3.44. The van der Waals surface area contributed by atoms with Gasteiger partial charge >= 0.3 is 0 Å². The van der Waals surface area contributed by atoms with E-state index in [4.69, 9.17) is 0 Å². The van der Waals surface area contributed by atoms with Gasteiger partial charge in [0.2, 0.25) is 0 Å². The van der Waals surface area contributed by atoms with E-state index in [0.717, 1.165) is 11.1 Å². The quantitative estimate of drug-likeness (QED) is 0.659. The molecule has 2 heteroatoms. The van der Waals surface area contributed by atoms with Crippen molar-refractivity contribution in [3.8, 4) is 0 Å². The molecule has 0 saturated carbocycles. The van der Waals surface area contributed by atoms with Gasteiger partial charge in [0.05, 0.1) is 5.56 Å². The van der Waals surface area contributed by atoms with Gasteiger partial charge in [0.1, 0.15) is 5.82 Å². The second kappa shape index (κ2) is 3.91. The van der Waals surface area contributed by atoms with E-state index in [-0.39, 0.29) is 17.3 Å². The van der Waals surface area contributed by atoms with Crippen molar-refractivity contribution >= 4 is 5.78 Å². The molecule has 0 aliphatic heterocycles. The predicted octanol–water partition coefficient (Wildman–Crippen LogP) is 3.46. The van der Waals surface area contributed by atoms with Crippen LogP contribution < -0.4 is 0 Å². The first kappa shape index (κ1) is 10.9. The monoisotopic (exact) mass is 194 g/mol. The van der Waals surface area contributed by atoms with Gasteiger partial charge in [0.25, 0.3) is 0 Å². The van der Waals surface area contributed by atoms with Crippen LogP contribution in [0.2, 0.25) is 0 Å². The van der Waals surface area contributed by atoms with Gasteiger partial charge in [-0.2, -0.15) is 0 Å². The third-order valence-electron chi connectivity index (χ3n) is 2.24. The highest BCUT2D eigenvalue weighted by Crippen LogP contribution is 2.24. The molecule has 0 atom stereocenters. The van der Waals surface area contributed by atoms with Crippen molar-refractivity contribution in [2.45, 2.75) is 33.6 Å². The fraction of sp³-hybridized carbons (Fsp3) is 0.417. The SMILES string of the molecule is CC(=O)c1c(F)cc(C)cc1C(C)C. The molecule has 0 N–H and O–H groups in total. The number of Topliss-reactive ketones (excluding diaryl/α,β-unsaturated/α-hetero) is 1. The lowest BCUT2D eigenvalue weighted by atomic mass is 9.93. The molecule has 0 aromatic heterocycles. The summed E-state index contributed by atoms with van der Waals surface area (Å²) in [6.07, 6.45) is 0. The molecule has 0 spiro atoms. The van der Waals surface area contributed by atoms with Crippen molar-refractivity contribution in [2.75, 3.05) is 0 Å². The third kappa shape index (κ3) is 2.00. The van der Waals surface area contributed by atoms with Crippen molar-refractivity contribution in [1.29, 1.82) is 0 Å². The maximum Gasteiger partial charge on any atom is 0.163 e. The summed E-state index contributed by atoms with van der Waals surface area (Å²) in [5.74, 6) is -0.435. The molecule has 0 unspecified atom stereocenters. The standard InChI is InChI=1S/C12H15FO/c1-7(2)10-5-8(3)6-11(13)12(10)9(4)14/h5-7H,1-4H3. The Morgan fingerprint density at radius 1 is 1.36 bits per heavy atom. The van der Waals surface area contributed by atoms with E-state index in [0.29, 0.717) is 0 Å². The van der Waals surface area contributed by atoms with E-state index in [1.165, 1.54) is 13.0 Å². The smallest absolute Gasteiger partial charge is 0.163 e. The molecule has 0 aliphatic carbocycles. The van der Waals surface area contributed by atoms with Crippen LogP contribution in [0.5, 0.6) is 0 Å². The Morgan fingerprint density at radius 2 is 1.93 bits per heavy atom. The topological polar surface area (TPSA) is 17.1 Å². The van der Waals surface area contributed by atoms with Crippen LogP contribution >= 0.6 is 0 Å². The first-order chi connectivity index (χ1) is 6.43. The molecular weight excluding hydrogens is 179 g/mol. The zero-order valence-electron chi connectivity index (χ0n) is 9.02. The molecule has 14 heavy (non-hydrogen) atoms. The minimum Gasteiger partial charge on any atom is -0.294 e. The van der Waals surface area contributed by atoms with Crippen LogP contribution in [0.25, 0.3) is 0 Å². The second-order valence-electron chi connectivity index (χ2n) is 3.92. The maximum atomic E-state index is 13.5. The summed E-state index contributed by atoms with van der Waals surface area (Å²) in [7, 11) is 0. The summed E-state index contributed by atoms with van der Waals surface area (Å²) in [5.41, 5.74) is 1.90. The summed E-state index contributed by atoms with van der Waals surface area (Å²) in [5, 5.41) is 0. The van der Waals surface area contributed by atoms with E-state index in [1.54, 1.807) is 0 Å². The normalized spacial score (nSPS) is 10.7. The van der Waals surface area contributed by atoms with Crippen LogP contribution in [-0.2, 0) is 0 Å². The lowest BCUT2D eigenvalue weighted by Crippen LogP contribution is -2.05. The number of ketones is 1. The molecule has 1 aromatic carbocycles. The van der Waals surface area contributed by atoms with Crippen LogP contribution in [0.1, 0.15) is 48.2 Å². The molecular formula is C12H15FO. The van der Waals surface area contributed by atoms with Crippen LogP contribution in [0.3, 0.4) is 0 Å². The molecule has 0 bridgehead atoms. The first-order valence-electron chi connectivity index (χ1n) is 4.74. The number of aryl methyl sites for hydroxylation is 1. The number of benzene rings is 1. The van der Waals surface area contributed by atoms with E-state index >= 15 is 0 Å². The molecule has 0 saturated heterocycles. The zero-order chi connectivity index (χ0) is 10.9. The minimum absolute atomic E-state index is 0.170. The van der Waals surface area contributed by atoms with Gasteiger partial charge in [-0.05, 0) is 37.0 Å². The van der Waals surface area contributed by atoms with Crippen molar-refractivity contribution in [1.82, 2.24) is 0 Å². The van der Waals surface area contributed by atoms with E-state index in [2.05, 4.69) is 0 Å². The lowest BCUT2D eigenvalue weighted by Gasteiger charge is -2.12. The highest BCUT2D eigenvalue weighted by atomic mass is 19.1. The summed E-state index contributed by atoms with van der Waals surface area (Å²) in [6, 6.07) is 3.28. The van der Waals surface area contributed by atoms with Crippen LogP contribution in [0, 0.1) is 12.7 Å². The number of carbonyl (C=O) groups is 1. The van der Waals surface area contributed by atoms with Gasteiger partial charge in [-0.25, -0.2) is 4.39 Å². The lowest BCUT2D eigenvalue weighted by molar-refractivity contribution is 0.101. The van der Waals surface area contributed by atoms with Crippen molar-refractivity contribution in [3.05, 3.63) is 34.6 Å². The Kier molecular flexibility index (Phi) is 3.04. The fourth-order valence-electron chi connectivity index (χ4n) is 1.60. The molecule has 1 aromatic rings. The molecule has 0 heterocycles. The molecule has 0 radical (unpaired) electrons. The Bertz CT molecular complexity index is 367. The van der Waals surface area contributed by atoms with E-state index < -0.39 is 5.82 Å². The molecule has 1 rings (SSSR count). The summed E-state index contributed by atoms with van der Waals surface area (Å²) in [4.78, 5) is 11.3. The van der Waals surface area contributed by atoms with Gasteiger partial charge < -0.3 is 0 Å². The molecule has 0 amide bonds. The zero-order valence-corrected chi connectivity index (χ0v) is 9.02. The Morgan fingerprint density at radius 3 is 2.36 bits per heavy atom. The molecule has 0 fully saturated rings. The summed E-state index contributed by atoms with van der Waals surface area (Å²) < 4.78 is 13.5. The van der Waals surface area contributed by atoms with Gasteiger partial charge in [-0.3, -0.25) is 4.79 Å². The number of rotatable bonds is 2. The van der Waals surface area contributed by atoms with Crippen LogP contribution in [-0.4, -0.2) is 5.78 Å². The number of hydrogen-bond donors (Lipinski definition) is 0. The number of halogens is 1. The largest absolute Gasteiger partial charge is 0.294 e. The molecule has 76 valence electrons. The van der Waals surface area contributed by atoms with Gasteiger partial charge in [0.15, 0.2) is 5.78 Å². The second-order valence-corrected chi connectivity index (χ2v) is 3.92. The van der Waals surface area contributed by atoms with Gasteiger partial charge in [0, 0.05) is 0 Å². The summed E-state index contributed by atoms with van der Waals surface area (Å²) in [6.45, 7) is 7.15. The number of hydrogen-bond acceptors (Lipinski definition) is 1. The van der Waals surface area contributed by atoms with Crippen molar-refractivity contribution in [2.24, 2.45) is 0 Å². The molecule has 1 nitrogen and oxygen atoms in total. The van der Waals surface area contributed by atoms with Crippen molar-refractivity contribution < 1.29 is 9.18 Å². The highest BCUT2D eigenvalue weighted by Gasteiger charge is 2.15. The minimum atomic E-state index is -0.402. The first-order valence-corrected chi connectivity index (χ1v) is 4.74. The Hall–Kier alpha value is -1.18. The Labute approximate surface area is 83.9 Å². The summed E-state index contributed by atoms with van der Waals surface area (Å²) >= 11 is 0. The van der Waals surface area contributed by atoms with E-state index in [9.17, 15) is 9.18 Å². The van der Waals surface area contributed by atoms with Gasteiger partial charge in [-0.15, -0.1) is 0 Å². The third-order valence-corrected chi connectivity index (χ3v) is 2.24. The van der Waals surface area contributed by atoms with Crippen LogP contribution in [0.4, 0.5) is 4.39 Å². The van der Waals surface area contributed by atoms with E-state index in [1.807, 2.05) is 26.8 Å². The van der Waals surface area contributed by atoms with Gasteiger partial charge in [-0.1, -0.05) is 19.9 Å². The number of carbonyl (C=O) groups excluding carboxylic acids is 1. The van der Waals surface area contributed by atoms with Crippen molar-refractivity contribution in [3.63, 3.8) is 0 Å². The fourth-order valence-corrected chi connectivity index (χ4v) is 1.60. The van der Waals surface area contributed by atoms with Crippen LogP contribution in [0.15, 0.2) is 12.1 Å². The highest BCUT2D eigenvalue weighted by molar-refractivity contribution is 5.96. The average molecular weight is 194 g/mol. The average Bonchev–Trinajstić information content (AvgIpc) is 2.01. The predicted molar refractivity (Wildman–Crippen MR) is 55.2 cm³/mol. The maximum absolute atomic E-state index is 13.5.